The Kier molecular flexibility index (Phi) is 5.63. The van der Waals surface area contributed by atoms with Crippen molar-refractivity contribution in [1.82, 2.24) is 19.7 Å². The van der Waals surface area contributed by atoms with Crippen LogP contribution in [-0.2, 0) is 0 Å². The summed E-state index contributed by atoms with van der Waals surface area (Å²) in [5.74, 6) is -0.663. The molecule has 158 valence electrons. The number of likely N-dealkylation sites (tertiary alicyclic amines) is 1. The number of rotatable bonds is 6. The van der Waals surface area contributed by atoms with Gasteiger partial charge in [-0.3, -0.25) is 14.5 Å². The summed E-state index contributed by atoms with van der Waals surface area (Å²) in [6.07, 6.45) is 3.88. The van der Waals surface area contributed by atoms with Crippen LogP contribution in [0.2, 0.25) is 0 Å². The molecule has 3 atom stereocenters. The number of nitrogens with two attached hydrogens (primary N) is 1. The number of pyridine rings is 1. The molecule has 1 aliphatic carbocycles. The summed E-state index contributed by atoms with van der Waals surface area (Å²) in [5, 5.41) is 17.1. The van der Waals surface area contributed by atoms with Gasteiger partial charge in [0.05, 0.1) is 29.9 Å². The molecule has 0 bridgehead atoms. The van der Waals surface area contributed by atoms with Gasteiger partial charge in [-0.05, 0) is 50.9 Å². The Bertz CT molecular complexity index is 949. The van der Waals surface area contributed by atoms with Gasteiger partial charge in [-0.25, -0.2) is 8.78 Å². The van der Waals surface area contributed by atoms with E-state index in [-0.39, 0.29) is 29.0 Å². The number of carbonyl (C=O) groups excluding carboxylic acids is 1. The summed E-state index contributed by atoms with van der Waals surface area (Å²) in [6.45, 7) is 2.18. The van der Waals surface area contributed by atoms with Gasteiger partial charge in [-0.15, -0.1) is 0 Å². The van der Waals surface area contributed by atoms with Crippen molar-refractivity contribution in [2.24, 2.45) is 11.7 Å². The van der Waals surface area contributed by atoms with Crippen molar-refractivity contribution in [3.8, 4) is 6.07 Å². The molecule has 3 N–H and O–H groups in total. The fourth-order valence-electron chi connectivity index (χ4n) is 4.20. The van der Waals surface area contributed by atoms with Gasteiger partial charge < -0.3 is 16.0 Å². The molecule has 3 unspecified atom stereocenters. The fraction of sp³-hybridized carbons (Fsp3) is 0.500. The molecular formula is C20H23F2N7O. The highest BCUT2D eigenvalue weighted by Gasteiger charge is 2.37. The predicted molar refractivity (Wildman–Crippen MR) is 105 cm³/mol. The molecular weight excluding hydrogens is 392 g/mol. The van der Waals surface area contributed by atoms with E-state index < -0.39 is 12.3 Å². The zero-order valence-electron chi connectivity index (χ0n) is 16.3. The van der Waals surface area contributed by atoms with Crippen LogP contribution in [0.1, 0.15) is 54.2 Å². The number of halogens is 2. The van der Waals surface area contributed by atoms with Crippen LogP contribution in [0.15, 0.2) is 24.5 Å². The molecule has 1 saturated heterocycles. The van der Waals surface area contributed by atoms with Gasteiger partial charge >= 0.3 is 0 Å². The molecule has 2 aromatic heterocycles. The van der Waals surface area contributed by atoms with E-state index in [0.29, 0.717) is 11.7 Å². The standard InChI is InChI=1S/C20H23F2N7O/c21-18(22)16-4-2-13(10-25-16)26-20-15(19(24)30)11-29(27-20)17-5-3-14(8-12(17)9-23)28-6-1-7-28/h2,4,10-12,14,17-18H,1,3,5-8H2,(H2,24,30)(H,26,27). The lowest BCUT2D eigenvalue weighted by atomic mass is 9.81. The first-order valence-corrected chi connectivity index (χ1v) is 10.00. The molecule has 2 aliphatic rings. The maximum Gasteiger partial charge on any atom is 0.280 e. The second-order valence-electron chi connectivity index (χ2n) is 7.79. The summed E-state index contributed by atoms with van der Waals surface area (Å²) in [6, 6.07) is 5.32. The zero-order valence-corrected chi connectivity index (χ0v) is 16.3. The lowest BCUT2D eigenvalue weighted by Crippen LogP contribution is -2.48. The summed E-state index contributed by atoms with van der Waals surface area (Å²) in [7, 11) is 0. The summed E-state index contributed by atoms with van der Waals surface area (Å²) in [4.78, 5) is 18.0. The van der Waals surface area contributed by atoms with Crippen LogP contribution in [0, 0.1) is 17.2 Å². The Morgan fingerprint density at radius 3 is 2.70 bits per heavy atom. The highest BCUT2D eigenvalue weighted by Crippen LogP contribution is 2.37. The number of aromatic nitrogens is 3. The van der Waals surface area contributed by atoms with E-state index in [1.54, 1.807) is 10.9 Å². The van der Waals surface area contributed by atoms with E-state index in [0.717, 1.165) is 32.4 Å². The summed E-state index contributed by atoms with van der Waals surface area (Å²) < 4.78 is 27.0. The molecule has 2 fully saturated rings. The van der Waals surface area contributed by atoms with Crippen molar-refractivity contribution >= 4 is 17.4 Å². The highest BCUT2D eigenvalue weighted by molar-refractivity contribution is 5.98. The smallest absolute Gasteiger partial charge is 0.280 e. The van der Waals surface area contributed by atoms with Gasteiger partial charge in [0.2, 0.25) is 0 Å². The van der Waals surface area contributed by atoms with Crippen LogP contribution >= 0.6 is 0 Å². The van der Waals surface area contributed by atoms with Crippen molar-refractivity contribution in [2.45, 2.75) is 44.2 Å². The Hall–Kier alpha value is -3.06. The molecule has 2 aromatic rings. The van der Waals surface area contributed by atoms with Crippen LogP contribution < -0.4 is 11.1 Å². The Labute approximate surface area is 172 Å². The maximum absolute atomic E-state index is 12.7. The van der Waals surface area contributed by atoms with E-state index in [9.17, 15) is 18.8 Å². The second-order valence-corrected chi connectivity index (χ2v) is 7.79. The molecule has 4 rings (SSSR count). The zero-order chi connectivity index (χ0) is 21.3. The number of carbonyl (C=O) groups is 1. The Balaban J connectivity index is 1.54. The molecule has 0 spiro atoms. The van der Waals surface area contributed by atoms with Crippen LogP contribution in [0.4, 0.5) is 20.3 Å². The minimum absolute atomic E-state index is 0.152. The van der Waals surface area contributed by atoms with E-state index in [2.05, 4.69) is 26.4 Å². The number of nitrogens with one attached hydrogen (secondary N) is 1. The second kappa shape index (κ2) is 8.36. The van der Waals surface area contributed by atoms with Gasteiger partial charge in [0.1, 0.15) is 11.3 Å². The maximum atomic E-state index is 12.7. The SMILES string of the molecule is N#CC1CC(N2CCC2)CCC1n1cc(C(N)=O)c(Nc2ccc(C(F)F)nc2)n1. The largest absolute Gasteiger partial charge is 0.365 e. The molecule has 3 heterocycles. The van der Waals surface area contributed by atoms with Crippen LogP contribution in [0.25, 0.3) is 0 Å². The monoisotopic (exact) mass is 415 g/mol. The Morgan fingerprint density at radius 1 is 1.33 bits per heavy atom. The molecule has 10 heteroatoms. The number of anilines is 2. The fourth-order valence-corrected chi connectivity index (χ4v) is 4.20. The first-order valence-electron chi connectivity index (χ1n) is 10.00. The summed E-state index contributed by atoms with van der Waals surface area (Å²) in [5.41, 5.74) is 5.76. The first-order chi connectivity index (χ1) is 14.5. The minimum atomic E-state index is -2.66. The Morgan fingerprint density at radius 2 is 2.13 bits per heavy atom. The van der Waals surface area contributed by atoms with E-state index in [4.69, 9.17) is 5.73 Å². The number of amides is 1. The van der Waals surface area contributed by atoms with E-state index >= 15 is 0 Å². The van der Waals surface area contributed by atoms with Crippen molar-refractivity contribution in [3.05, 3.63) is 35.8 Å². The normalized spacial score (nSPS) is 24.3. The topological polar surface area (TPSA) is 113 Å². The number of nitrogens with zero attached hydrogens (tertiary/aromatic N) is 5. The van der Waals surface area contributed by atoms with Crippen molar-refractivity contribution < 1.29 is 13.6 Å². The van der Waals surface area contributed by atoms with Crippen LogP contribution in [0.3, 0.4) is 0 Å². The van der Waals surface area contributed by atoms with Gasteiger partial charge in [0.25, 0.3) is 12.3 Å². The number of nitriles is 1. The lowest BCUT2D eigenvalue weighted by Gasteiger charge is -2.43. The van der Waals surface area contributed by atoms with Crippen LogP contribution in [0.5, 0.6) is 0 Å². The predicted octanol–water partition coefficient (Wildman–Crippen LogP) is 3.00. The first kappa shape index (κ1) is 20.2. The third-order valence-electron chi connectivity index (χ3n) is 5.97. The average Bonchev–Trinajstić information content (AvgIpc) is 3.11. The van der Waals surface area contributed by atoms with E-state index in [1.807, 2.05) is 0 Å². The number of hydrogen-bond acceptors (Lipinski definition) is 6. The molecule has 0 radical (unpaired) electrons. The number of alkyl halides is 2. The van der Waals surface area contributed by atoms with Crippen molar-refractivity contribution in [1.29, 1.82) is 5.26 Å². The molecule has 1 saturated carbocycles. The number of hydrogen-bond donors (Lipinski definition) is 2. The van der Waals surface area contributed by atoms with E-state index in [1.165, 1.54) is 24.8 Å². The van der Waals surface area contributed by atoms with Gasteiger partial charge in [0, 0.05) is 12.2 Å². The molecule has 30 heavy (non-hydrogen) atoms. The van der Waals surface area contributed by atoms with Crippen LogP contribution in [-0.4, -0.2) is 44.7 Å². The highest BCUT2D eigenvalue weighted by atomic mass is 19.3. The average molecular weight is 415 g/mol. The van der Waals surface area contributed by atoms with Gasteiger partial charge in [-0.1, -0.05) is 0 Å². The third-order valence-corrected chi connectivity index (χ3v) is 5.97. The van der Waals surface area contributed by atoms with Gasteiger partial charge in [-0.2, -0.15) is 10.4 Å². The minimum Gasteiger partial charge on any atom is -0.365 e. The van der Waals surface area contributed by atoms with Gasteiger partial charge in [0.15, 0.2) is 5.82 Å². The van der Waals surface area contributed by atoms with Crippen molar-refractivity contribution in [2.75, 3.05) is 18.4 Å². The molecule has 8 nitrogen and oxygen atoms in total. The van der Waals surface area contributed by atoms with Crippen molar-refractivity contribution in [3.63, 3.8) is 0 Å². The quantitative estimate of drug-likeness (QED) is 0.750. The summed E-state index contributed by atoms with van der Waals surface area (Å²) >= 11 is 0. The number of primary amides is 1. The molecule has 1 aliphatic heterocycles. The third kappa shape index (κ3) is 3.98. The molecule has 1 amide bonds. The molecule has 0 aromatic carbocycles. The lowest BCUT2D eigenvalue weighted by molar-refractivity contribution is 0.0649.